The van der Waals surface area contributed by atoms with E-state index in [9.17, 15) is 35.7 Å². The molecule has 19 atom stereocenters. The highest BCUT2D eigenvalue weighted by Gasteiger charge is 2.77. The van der Waals surface area contributed by atoms with Gasteiger partial charge in [-0.1, -0.05) is 26.0 Å². The zero-order valence-corrected chi connectivity index (χ0v) is 31.6. The summed E-state index contributed by atoms with van der Waals surface area (Å²) in [5, 5.41) is 84.2. The highest BCUT2D eigenvalue weighted by Crippen LogP contribution is 2.73. The molecule has 2 aliphatic heterocycles. The molecule has 7 rings (SSSR count). The first kappa shape index (κ1) is 38.9. The summed E-state index contributed by atoms with van der Waals surface area (Å²) < 4.78 is 6.07. The van der Waals surface area contributed by atoms with Crippen LogP contribution >= 0.6 is 0 Å². The fraction of sp³-hybridized carbons (Fsp3) is 0.900. The van der Waals surface area contributed by atoms with Crippen molar-refractivity contribution in [1.82, 2.24) is 0 Å². The smallest absolute Gasteiger partial charge is 0.180 e. The van der Waals surface area contributed by atoms with Crippen LogP contribution in [-0.2, 0) is 9.53 Å². The normalized spacial score (nSPS) is 52.0. The summed E-state index contributed by atoms with van der Waals surface area (Å²) in [4.78, 5) is 19.9. The number of hydrogen-bond acceptors (Lipinski definition) is 11. The van der Waals surface area contributed by atoms with E-state index in [2.05, 4.69) is 24.4 Å². The molecule has 11 N–H and O–H groups in total. The van der Waals surface area contributed by atoms with Gasteiger partial charge in [0.1, 0.15) is 12.3 Å². The number of carbonyl (C=O) groups is 1. The fourth-order valence-corrected chi connectivity index (χ4v) is 13.4. The van der Waals surface area contributed by atoms with Gasteiger partial charge < -0.3 is 45.8 Å². The first-order valence-corrected chi connectivity index (χ1v) is 20.3. The largest absolute Gasteiger partial charge is 0.396 e. The second kappa shape index (κ2) is 14.0. The number of Topliss-reactive ketones (excluding diaryl/α,β-unsaturated/α-hetero) is 1. The van der Waals surface area contributed by atoms with Crippen molar-refractivity contribution >= 4 is 11.5 Å². The number of quaternary nitrogens is 1. The SMILES string of the molecule is CC(O)CN=C1C(=O)C2CC(O)C(O)CC23CC(C2CCC(N)[NH2+]C2)C=CC2CC4(CCO)C(C(C)(O)C(O)C5OCC(C)C5C)CCC4(O)C1C23. The van der Waals surface area contributed by atoms with Gasteiger partial charge >= 0.3 is 0 Å². The highest BCUT2D eigenvalue weighted by atomic mass is 16.5. The number of aliphatic hydroxyl groups excluding tert-OH is 5. The summed E-state index contributed by atoms with van der Waals surface area (Å²) in [6.07, 6.45) is 3.69. The Labute approximate surface area is 308 Å². The van der Waals surface area contributed by atoms with Gasteiger partial charge in [-0.05, 0) is 106 Å². The van der Waals surface area contributed by atoms with E-state index >= 15 is 4.79 Å². The quantitative estimate of drug-likeness (QED) is 0.151. The molecule has 19 unspecified atom stereocenters. The monoisotopic (exact) mass is 732 g/mol. The molecular formula is C40H66N3O9+. The van der Waals surface area contributed by atoms with Gasteiger partial charge in [0.25, 0.3) is 0 Å². The van der Waals surface area contributed by atoms with Crippen molar-refractivity contribution in [3.8, 4) is 0 Å². The van der Waals surface area contributed by atoms with Crippen LogP contribution < -0.4 is 11.1 Å². The number of allylic oxidation sites excluding steroid dienone is 2. The van der Waals surface area contributed by atoms with Crippen LogP contribution in [0.1, 0.15) is 85.5 Å². The van der Waals surface area contributed by atoms with E-state index in [1.165, 1.54) is 0 Å². The maximum Gasteiger partial charge on any atom is 0.180 e. The lowest BCUT2D eigenvalue weighted by atomic mass is 9.38. The maximum atomic E-state index is 15.1. The third-order valence-corrected chi connectivity index (χ3v) is 16.1. The van der Waals surface area contributed by atoms with E-state index in [4.69, 9.17) is 15.5 Å². The Morgan fingerprint density at radius 2 is 1.83 bits per heavy atom. The molecule has 0 amide bonds. The average Bonchev–Trinajstić information content (AvgIpc) is 3.53. The van der Waals surface area contributed by atoms with Gasteiger partial charge in [0.15, 0.2) is 5.78 Å². The van der Waals surface area contributed by atoms with Crippen LogP contribution in [0.15, 0.2) is 17.1 Å². The number of nitrogens with two attached hydrogens (primary N) is 2. The minimum Gasteiger partial charge on any atom is -0.396 e. The Hall–Kier alpha value is -1.32. The van der Waals surface area contributed by atoms with E-state index in [0.29, 0.717) is 31.8 Å². The summed E-state index contributed by atoms with van der Waals surface area (Å²) in [5.41, 5.74) is 1.32. The third-order valence-electron chi connectivity index (χ3n) is 16.1. The molecule has 6 fully saturated rings. The first-order chi connectivity index (χ1) is 24.5. The van der Waals surface area contributed by atoms with Crippen molar-refractivity contribution in [3.63, 3.8) is 0 Å². The van der Waals surface area contributed by atoms with Crippen molar-refractivity contribution < 1.29 is 50.6 Å². The van der Waals surface area contributed by atoms with Gasteiger partial charge in [0, 0.05) is 42.8 Å². The van der Waals surface area contributed by atoms with E-state index in [-0.39, 0.29) is 86.1 Å². The van der Waals surface area contributed by atoms with E-state index in [0.717, 1.165) is 19.4 Å². The van der Waals surface area contributed by atoms with Crippen molar-refractivity contribution in [2.75, 3.05) is 26.3 Å². The molecule has 7 aliphatic rings. The number of ketones is 1. The van der Waals surface area contributed by atoms with Gasteiger partial charge in [-0.15, -0.1) is 0 Å². The molecule has 2 saturated heterocycles. The van der Waals surface area contributed by atoms with Gasteiger partial charge in [-0.3, -0.25) is 15.5 Å². The summed E-state index contributed by atoms with van der Waals surface area (Å²) >= 11 is 0. The lowest BCUT2D eigenvalue weighted by Gasteiger charge is -2.67. The van der Waals surface area contributed by atoms with Crippen LogP contribution in [0.25, 0.3) is 0 Å². The fourth-order valence-electron chi connectivity index (χ4n) is 13.4. The predicted molar refractivity (Wildman–Crippen MR) is 192 cm³/mol. The summed E-state index contributed by atoms with van der Waals surface area (Å²) in [6.45, 7) is 8.37. The molecule has 0 aromatic rings. The Bertz CT molecular complexity index is 1400. The Morgan fingerprint density at radius 1 is 1.10 bits per heavy atom. The molecule has 0 aromatic heterocycles. The topological polar surface area (TPSA) is 223 Å². The summed E-state index contributed by atoms with van der Waals surface area (Å²) in [6, 6.07) is 0. The van der Waals surface area contributed by atoms with E-state index in [1.54, 1.807) is 13.8 Å². The molecule has 0 aromatic carbocycles. The number of fused-ring (bicyclic) bond motifs is 2. The Morgan fingerprint density at radius 3 is 2.46 bits per heavy atom. The molecule has 0 radical (unpaired) electrons. The first-order valence-electron chi connectivity index (χ1n) is 20.3. The Balaban J connectivity index is 1.40. The molecule has 1 spiro atoms. The summed E-state index contributed by atoms with van der Waals surface area (Å²) in [7, 11) is 0. The molecule has 2 heterocycles. The number of nitrogens with zero attached hydrogens (tertiary/aromatic N) is 1. The van der Waals surface area contributed by atoms with Crippen LogP contribution in [0, 0.1) is 64.1 Å². The van der Waals surface area contributed by atoms with Crippen LogP contribution in [0.2, 0.25) is 0 Å². The van der Waals surface area contributed by atoms with Crippen LogP contribution in [-0.4, -0.2) is 121 Å². The molecule has 294 valence electrons. The zero-order chi connectivity index (χ0) is 37.5. The summed E-state index contributed by atoms with van der Waals surface area (Å²) in [5.74, 6) is -2.30. The average molecular weight is 733 g/mol. The van der Waals surface area contributed by atoms with Crippen LogP contribution in [0.3, 0.4) is 0 Å². The maximum absolute atomic E-state index is 15.1. The number of hydrogen-bond donors (Lipinski definition) is 9. The molecule has 0 bridgehead atoms. The number of carbonyl (C=O) groups excluding carboxylic acids is 1. The van der Waals surface area contributed by atoms with Crippen LogP contribution in [0.5, 0.6) is 0 Å². The minimum atomic E-state index is -1.70. The highest BCUT2D eigenvalue weighted by molar-refractivity contribution is 6.42. The molecule has 12 nitrogen and oxygen atoms in total. The second-order valence-electron chi connectivity index (χ2n) is 18.8. The number of ether oxygens (including phenoxy) is 1. The number of aliphatic hydroxyl groups is 7. The second-order valence-corrected chi connectivity index (χ2v) is 18.8. The molecular weight excluding hydrogens is 666 g/mol. The minimum absolute atomic E-state index is 0.000333. The van der Waals surface area contributed by atoms with Gasteiger partial charge in [0.05, 0.1) is 54.4 Å². The van der Waals surface area contributed by atoms with Crippen LogP contribution in [0.4, 0.5) is 0 Å². The molecule has 4 saturated carbocycles. The Kier molecular flexibility index (Phi) is 10.5. The molecule has 5 aliphatic carbocycles. The van der Waals surface area contributed by atoms with E-state index in [1.807, 2.05) is 6.92 Å². The van der Waals surface area contributed by atoms with Crippen molar-refractivity contribution in [2.24, 2.45) is 74.8 Å². The molecule has 52 heavy (non-hydrogen) atoms. The lowest BCUT2D eigenvalue weighted by molar-refractivity contribution is -0.703. The third kappa shape index (κ3) is 5.84. The number of piperidine rings is 1. The lowest BCUT2D eigenvalue weighted by Crippen LogP contribution is -2.95. The van der Waals surface area contributed by atoms with Gasteiger partial charge in [-0.2, -0.15) is 0 Å². The van der Waals surface area contributed by atoms with Crippen molar-refractivity contribution in [3.05, 3.63) is 12.2 Å². The van der Waals surface area contributed by atoms with Crippen molar-refractivity contribution in [2.45, 2.75) is 133 Å². The standard InChI is InChI=1S/C40H65N3O9/c1-20-19-52-35(22(20)3)36(49)37(4,50)29-9-10-40(51)32-31-24(15-39(29,40)11-12-44)6-5-23(25-7-8-30(41)42-18-25)14-38(31)16-28(47)27(46)13-26(38)34(48)33(32)43-17-21(2)45/h5-6,20-32,35-36,42,44-47,49-51H,7-19,41H2,1-4H3/p+1. The van der Waals surface area contributed by atoms with Gasteiger partial charge in [-0.25, -0.2) is 0 Å². The predicted octanol–water partition coefficient (Wildman–Crippen LogP) is -0.111. The zero-order valence-electron chi connectivity index (χ0n) is 31.6. The van der Waals surface area contributed by atoms with Crippen molar-refractivity contribution in [1.29, 1.82) is 0 Å². The van der Waals surface area contributed by atoms with E-state index < -0.39 is 70.3 Å². The number of rotatable bonds is 8. The number of aliphatic imine (C=N–C) groups is 1. The molecule has 12 heteroatoms. The van der Waals surface area contributed by atoms with Gasteiger partial charge in [0.2, 0.25) is 0 Å².